The summed E-state index contributed by atoms with van der Waals surface area (Å²) >= 11 is 1.42. The Morgan fingerprint density at radius 1 is 1.13 bits per heavy atom. The Morgan fingerprint density at radius 2 is 1.87 bits per heavy atom. The van der Waals surface area contributed by atoms with Crippen molar-refractivity contribution in [2.45, 2.75) is 50.3 Å². The van der Waals surface area contributed by atoms with Gasteiger partial charge in [-0.1, -0.05) is 43.8 Å². The van der Waals surface area contributed by atoms with E-state index in [4.69, 9.17) is 0 Å². The predicted octanol–water partition coefficient (Wildman–Crippen LogP) is 4.64. The lowest BCUT2D eigenvalue weighted by Crippen LogP contribution is -2.25. The third-order valence-electron chi connectivity index (χ3n) is 5.77. The topological polar surface area (TPSA) is 63.9 Å². The number of aryl methyl sites for hydroxylation is 2. The molecular weight excluding hydrogens is 406 g/mol. The molecule has 0 aliphatic carbocycles. The molecule has 7 heteroatoms. The maximum Gasteiger partial charge on any atom is 0.175 e. The maximum absolute atomic E-state index is 13.0. The number of hydrogen-bond acceptors (Lipinski definition) is 6. The van der Waals surface area contributed by atoms with Gasteiger partial charge < -0.3 is 4.90 Å². The van der Waals surface area contributed by atoms with Crippen LogP contribution in [0.1, 0.15) is 37.7 Å². The van der Waals surface area contributed by atoms with Gasteiger partial charge in [-0.2, -0.15) is 5.10 Å². The second kappa shape index (κ2) is 7.96. The average Bonchev–Trinajstić information content (AvgIpc) is 3.17. The van der Waals surface area contributed by atoms with Crippen LogP contribution in [0, 0.1) is 13.8 Å². The van der Waals surface area contributed by atoms with Crippen molar-refractivity contribution in [1.82, 2.24) is 20.0 Å². The number of ketones is 1. The monoisotopic (exact) mass is 433 g/mol. The second-order valence-corrected chi connectivity index (χ2v) is 9.82. The van der Waals surface area contributed by atoms with Gasteiger partial charge in [-0.25, -0.2) is 4.68 Å². The largest absolute Gasteiger partial charge is 0.347 e. The Balaban J connectivity index is 1.50. The van der Waals surface area contributed by atoms with E-state index in [0.717, 1.165) is 22.8 Å². The zero-order valence-corrected chi connectivity index (χ0v) is 19.6. The van der Waals surface area contributed by atoms with Crippen molar-refractivity contribution in [2.24, 2.45) is 0 Å². The fourth-order valence-corrected chi connectivity index (χ4v) is 4.88. The van der Waals surface area contributed by atoms with E-state index in [0.29, 0.717) is 10.8 Å². The van der Waals surface area contributed by atoms with E-state index in [2.05, 4.69) is 46.2 Å². The summed E-state index contributed by atoms with van der Waals surface area (Å²) < 4.78 is 1.77. The average molecular weight is 434 g/mol. The summed E-state index contributed by atoms with van der Waals surface area (Å²) in [6.45, 7) is 10.2. The number of carbonyl (C=O) groups excluding carboxylic acids is 1. The molecule has 0 N–H and O–H groups in total. The molecule has 1 atom stereocenters. The molecule has 0 spiro atoms. The normalized spacial score (nSPS) is 17.1. The zero-order chi connectivity index (χ0) is 22.3. The van der Waals surface area contributed by atoms with Crippen molar-refractivity contribution in [3.63, 3.8) is 0 Å². The molecule has 1 unspecified atom stereocenters. The molecule has 0 saturated carbocycles. The van der Waals surface area contributed by atoms with E-state index in [9.17, 15) is 4.79 Å². The highest BCUT2D eigenvalue weighted by Crippen LogP contribution is 2.46. The first-order chi connectivity index (χ1) is 14.7. The van der Waals surface area contributed by atoms with Crippen LogP contribution in [0.25, 0.3) is 5.82 Å². The highest BCUT2D eigenvalue weighted by molar-refractivity contribution is 8.00. The van der Waals surface area contributed by atoms with Gasteiger partial charge in [0.15, 0.2) is 11.6 Å². The summed E-state index contributed by atoms with van der Waals surface area (Å²) in [5.41, 5.74) is 5.13. The van der Waals surface area contributed by atoms with Gasteiger partial charge in [0.05, 0.1) is 10.9 Å². The van der Waals surface area contributed by atoms with Crippen LogP contribution in [-0.4, -0.2) is 38.1 Å². The van der Waals surface area contributed by atoms with Crippen LogP contribution >= 0.6 is 11.8 Å². The number of aromatic nitrogens is 4. The number of nitrogens with zero attached hydrogens (tertiary/aromatic N) is 5. The summed E-state index contributed by atoms with van der Waals surface area (Å²) in [6, 6.07) is 14.1. The van der Waals surface area contributed by atoms with E-state index in [-0.39, 0.29) is 16.4 Å². The molecular formula is C24H27N5OS. The number of para-hydroxylation sites is 1. The minimum absolute atomic E-state index is 0.0668. The Hall–Kier alpha value is -2.93. The van der Waals surface area contributed by atoms with Gasteiger partial charge in [0.2, 0.25) is 0 Å². The van der Waals surface area contributed by atoms with Gasteiger partial charge in [0.1, 0.15) is 5.03 Å². The number of rotatable bonds is 5. The standard InChI is InChI=1S/C24H27N5OS/c1-15-13-16(2)29(27-15)22-11-12-23(26-25-22)31-17(3)20(30)14-21-24(4,5)18-9-7-8-10-19(18)28(21)6/h7-14,17H,1-6H3/b21-14+. The van der Waals surface area contributed by atoms with E-state index in [1.54, 1.807) is 10.8 Å². The molecule has 6 nitrogen and oxygen atoms in total. The van der Waals surface area contributed by atoms with Crippen LogP contribution in [0.3, 0.4) is 0 Å². The Labute approximate surface area is 187 Å². The third kappa shape index (κ3) is 3.90. The molecule has 160 valence electrons. The van der Waals surface area contributed by atoms with Gasteiger partial charge >= 0.3 is 0 Å². The molecule has 1 aromatic carbocycles. The summed E-state index contributed by atoms with van der Waals surface area (Å²) in [4.78, 5) is 15.2. The highest BCUT2D eigenvalue weighted by Gasteiger charge is 2.38. The maximum atomic E-state index is 13.0. The van der Waals surface area contributed by atoms with Gasteiger partial charge in [-0.3, -0.25) is 4.79 Å². The minimum Gasteiger partial charge on any atom is -0.347 e. The van der Waals surface area contributed by atoms with Crippen LogP contribution in [0.5, 0.6) is 0 Å². The number of thioether (sulfide) groups is 1. The second-order valence-electron chi connectivity index (χ2n) is 8.46. The van der Waals surface area contributed by atoms with Crippen molar-refractivity contribution in [3.05, 3.63) is 71.2 Å². The lowest BCUT2D eigenvalue weighted by Gasteiger charge is -2.24. The molecule has 0 saturated heterocycles. The van der Waals surface area contributed by atoms with Gasteiger partial charge in [-0.15, -0.1) is 10.2 Å². The Morgan fingerprint density at radius 3 is 2.48 bits per heavy atom. The third-order valence-corrected chi connectivity index (χ3v) is 6.82. The molecule has 1 aliphatic heterocycles. The molecule has 0 fully saturated rings. The molecule has 1 aliphatic rings. The molecule has 31 heavy (non-hydrogen) atoms. The molecule has 0 radical (unpaired) electrons. The van der Waals surface area contributed by atoms with Crippen LogP contribution < -0.4 is 4.90 Å². The van der Waals surface area contributed by atoms with Gasteiger partial charge in [-0.05, 0) is 50.6 Å². The first-order valence-corrected chi connectivity index (χ1v) is 11.2. The molecule has 4 rings (SSSR count). The zero-order valence-electron chi connectivity index (χ0n) is 18.7. The number of fused-ring (bicyclic) bond motifs is 1. The highest BCUT2D eigenvalue weighted by atomic mass is 32.2. The number of allylic oxidation sites excluding steroid dienone is 2. The van der Waals surface area contributed by atoms with Crippen molar-refractivity contribution < 1.29 is 4.79 Å². The van der Waals surface area contributed by atoms with Crippen LogP contribution in [-0.2, 0) is 10.2 Å². The number of anilines is 1. The molecule has 3 aromatic rings. The summed E-state index contributed by atoms with van der Waals surface area (Å²) in [6.07, 6.45) is 1.79. The fourth-order valence-electron chi connectivity index (χ4n) is 4.10. The van der Waals surface area contributed by atoms with Crippen LogP contribution in [0.2, 0.25) is 0 Å². The molecule has 2 aromatic heterocycles. The lowest BCUT2D eigenvalue weighted by molar-refractivity contribution is -0.114. The van der Waals surface area contributed by atoms with Crippen molar-refractivity contribution >= 4 is 23.2 Å². The lowest BCUT2D eigenvalue weighted by atomic mass is 9.83. The van der Waals surface area contributed by atoms with Crippen molar-refractivity contribution in [1.29, 1.82) is 0 Å². The first-order valence-electron chi connectivity index (χ1n) is 10.3. The van der Waals surface area contributed by atoms with E-state index in [1.165, 1.54) is 17.3 Å². The summed E-state index contributed by atoms with van der Waals surface area (Å²) in [5.74, 6) is 0.736. The Kier molecular flexibility index (Phi) is 5.47. The Bertz CT molecular complexity index is 1160. The van der Waals surface area contributed by atoms with Crippen molar-refractivity contribution in [3.8, 4) is 5.82 Å². The number of benzene rings is 1. The summed E-state index contributed by atoms with van der Waals surface area (Å²) in [5, 5.41) is 13.5. The van der Waals surface area contributed by atoms with Gasteiger partial charge in [0, 0.05) is 35.6 Å². The number of carbonyl (C=O) groups is 1. The SMILES string of the molecule is Cc1cc(C)n(-c2ccc(SC(C)C(=O)/C=C3/N(C)c4ccccc4C3(C)C)nn2)n1. The first kappa shape index (κ1) is 21.3. The van der Waals surface area contributed by atoms with Crippen LogP contribution in [0.15, 0.2) is 59.3 Å². The molecule has 0 amide bonds. The van der Waals surface area contributed by atoms with E-state index < -0.39 is 0 Å². The molecule has 3 heterocycles. The van der Waals surface area contributed by atoms with Crippen molar-refractivity contribution in [2.75, 3.05) is 11.9 Å². The van der Waals surface area contributed by atoms with Crippen LogP contribution in [0.4, 0.5) is 5.69 Å². The minimum atomic E-state index is -0.269. The smallest absolute Gasteiger partial charge is 0.175 e. The molecule has 0 bridgehead atoms. The van der Waals surface area contributed by atoms with Gasteiger partial charge in [0.25, 0.3) is 0 Å². The fraction of sp³-hybridized carbons (Fsp3) is 0.333. The van der Waals surface area contributed by atoms with E-state index >= 15 is 0 Å². The summed E-state index contributed by atoms with van der Waals surface area (Å²) in [7, 11) is 2.02. The number of likely N-dealkylation sites (N-methyl/N-ethyl adjacent to an activating group) is 1. The quantitative estimate of drug-likeness (QED) is 0.431. The predicted molar refractivity (Wildman–Crippen MR) is 125 cm³/mol. The number of hydrogen-bond donors (Lipinski definition) is 0. The van der Waals surface area contributed by atoms with E-state index in [1.807, 2.05) is 58.2 Å².